The Morgan fingerprint density at radius 1 is 1.00 bits per heavy atom. The average Bonchev–Trinajstić information content (AvgIpc) is 2.76. The van der Waals surface area contributed by atoms with E-state index in [1.54, 1.807) is 18.0 Å². The third kappa shape index (κ3) is 3.73. The number of hydrogen-bond donors (Lipinski definition) is 2. The van der Waals surface area contributed by atoms with Crippen LogP contribution in [0.15, 0.2) is 42.5 Å². The van der Waals surface area contributed by atoms with E-state index in [4.69, 9.17) is 16.2 Å². The van der Waals surface area contributed by atoms with Crippen molar-refractivity contribution < 1.29 is 9.53 Å². The van der Waals surface area contributed by atoms with Gasteiger partial charge in [-0.3, -0.25) is 4.90 Å². The van der Waals surface area contributed by atoms with Crippen molar-refractivity contribution in [2.24, 2.45) is 0 Å². The summed E-state index contributed by atoms with van der Waals surface area (Å²) < 4.78 is 5.39. The Morgan fingerprint density at radius 2 is 1.60 bits per heavy atom. The number of aromatic nitrogens is 2. The quantitative estimate of drug-likeness (QED) is 0.640. The summed E-state index contributed by atoms with van der Waals surface area (Å²) >= 11 is 0. The highest BCUT2D eigenvalue weighted by atomic mass is 16.5. The zero-order valence-electron chi connectivity index (χ0n) is 17.1. The van der Waals surface area contributed by atoms with Crippen molar-refractivity contribution >= 4 is 39.9 Å². The molecule has 0 atom stereocenters. The number of ether oxygens (including phenoxy) is 1. The van der Waals surface area contributed by atoms with Crippen LogP contribution in [0.2, 0.25) is 0 Å². The molecule has 4 N–H and O–H groups in total. The van der Waals surface area contributed by atoms with Gasteiger partial charge in [-0.25, -0.2) is 14.8 Å². The number of carbonyl (C=O) groups excluding carboxylic acids is 1. The highest BCUT2D eigenvalue weighted by molar-refractivity contribution is 5.93. The number of nitrogens with zero attached hydrogens (tertiary/aromatic N) is 5. The van der Waals surface area contributed by atoms with Crippen LogP contribution in [0.1, 0.15) is 0 Å². The fraction of sp³-hybridized carbons (Fsp3) is 0.286. The number of anilines is 4. The normalized spacial score (nSPS) is 14.1. The minimum absolute atomic E-state index is 0.148. The summed E-state index contributed by atoms with van der Waals surface area (Å²) in [7, 11) is 3.21. The first-order valence-electron chi connectivity index (χ1n) is 9.70. The Bertz CT molecular complexity index is 1060. The lowest BCUT2D eigenvalue weighted by molar-refractivity contribution is 0.202. The molecule has 0 bridgehead atoms. The lowest BCUT2D eigenvalue weighted by Gasteiger charge is -2.37. The highest BCUT2D eigenvalue weighted by Gasteiger charge is 2.27. The van der Waals surface area contributed by atoms with E-state index in [1.165, 1.54) is 12.0 Å². The molecule has 2 amide bonds. The van der Waals surface area contributed by atoms with Crippen molar-refractivity contribution in [3.63, 3.8) is 0 Å². The van der Waals surface area contributed by atoms with Crippen molar-refractivity contribution in [3.05, 3.63) is 42.5 Å². The topological polar surface area (TPSA) is 114 Å². The van der Waals surface area contributed by atoms with E-state index in [0.717, 1.165) is 5.69 Å². The molecule has 0 radical (unpaired) electrons. The van der Waals surface area contributed by atoms with Gasteiger partial charge in [-0.1, -0.05) is 12.1 Å². The zero-order chi connectivity index (χ0) is 21.3. The molecule has 9 nitrogen and oxygen atoms in total. The van der Waals surface area contributed by atoms with E-state index in [1.807, 2.05) is 36.4 Å². The molecule has 0 saturated carbocycles. The van der Waals surface area contributed by atoms with Gasteiger partial charge in [0.2, 0.25) is 5.82 Å². The highest BCUT2D eigenvalue weighted by Crippen LogP contribution is 2.27. The Balaban J connectivity index is 1.49. The molecule has 9 heteroatoms. The molecule has 0 unspecified atom stereocenters. The number of amides is 2. The monoisotopic (exact) mass is 407 g/mol. The SMILES string of the molecule is COc1nc2ccccc2nc1N(C)C(=O)N1CCN(c2cc(N)cc(N)c2)CC1. The minimum Gasteiger partial charge on any atom is -0.478 e. The van der Waals surface area contributed by atoms with Gasteiger partial charge < -0.3 is 26.0 Å². The molecule has 30 heavy (non-hydrogen) atoms. The first-order valence-corrected chi connectivity index (χ1v) is 9.70. The number of para-hydroxylation sites is 2. The number of fused-ring (bicyclic) bond motifs is 1. The van der Waals surface area contributed by atoms with Gasteiger partial charge in [0.05, 0.1) is 18.1 Å². The van der Waals surface area contributed by atoms with Crippen LogP contribution < -0.4 is 26.0 Å². The summed E-state index contributed by atoms with van der Waals surface area (Å²) in [6.07, 6.45) is 0. The van der Waals surface area contributed by atoms with Crippen molar-refractivity contribution in [3.8, 4) is 5.88 Å². The fourth-order valence-corrected chi connectivity index (χ4v) is 3.63. The van der Waals surface area contributed by atoms with E-state index in [-0.39, 0.29) is 6.03 Å². The van der Waals surface area contributed by atoms with Crippen LogP contribution in [0.3, 0.4) is 0 Å². The van der Waals surface area contributed by atoms with Crippen LogP contribution in [0.5, 0.6) is 5.88 Å². The van der Waals surface area contributed by atoms with E-state index in [2.05, 4.69) is 14.9 Å². The van der Waals surface area contributed by atoms with Crippen molar-refractivity contribution in [2.75, 3.05) is 61.6 Å². The molecule has 4 rings (SSSR count). The standard InChI is InChI=1S/C21H25N7O2/c1-26(19-20(30-2)25-18-6-4-3-5-17(18)24-19)21(29)28-9-7-27(8-10-28)16-12-14(22)11-15(23)13-16/h3-6,11-13H,7-10,22-23H2,1-2H3. The molecule has 3 aromatic rings. The van der Waals surface area contributed by atoms with Gasteiger partial charge in [-0.05, 0) is 30.3 Å². The van der Waals surface area contributed by atoms with Gasteiger partial charge in [0.25, 0.3) is 5.88 Å². The summed E-state index contributed by atoms with van der Waals surface area (Å²) in [5.41, 5.74) is 15.5. The number of hydrogen-bond acceptors (Lipinski definition) is 7. The van der Waals surface area contributed by atoms with Crippen LogP contribution in [-0.2, 0) is 0 Å². The Morgan fingerprint density at radius 3 is 2.20 bits per heavy atom. The fourth-order valence-electron chi connectivity index (χ4n) is 3.63. The first kappa shape index (κ1) is 19.6. The molecular weight excluding hydrogens is 382 g/mol. The minimum atomic E-state index is -0.148. The van der Waals surface area contributed by atoms with Crippen LogP contribution in [-0.4, -0.2) is 61.2 Å². The van der Waals surface area contributed by atoms with E-state index < -0.39 is 0 Å². The smallest absolute Gasteiger partial charge is 0.325 e. The van der Waals surface area contributed by atoms with Gasteiger partial charge >= 0.3 is 6.03 Å². The number of rotatable bonds is 3. The second kappa shape index (κ2) is 7.94. The molecule has 1 aliphatic rings. The van der Waals surface area contributed by atoms with Crippen LogP contribution in [0, 0.1) is 0 Å². The number of benzene rings is 2. The Hall–Kier alpha value is -3.75. The zero-order valence-corrected chi connectivity index (χ0v) is 17.1. The summed E-state index contributed by atoms with van der Waals surface area (Å²) in [4.78, 5) is 27.7. The second-order valence-corrected chi connectivity index (χ2v) is 7.22. The van der Waals surface area contributed by atoms with Gasteiger partial charge in [0.1, 0.15) is 0 Å². The largest absolute Gasteiger partial charge is 0.478 e. The van der Waals surface area contributed by atoms with Crippen LogP contribution >= 0.6 is 0 Å². The third-order valence-electron chi connectivity index (χ3n) is 5.20. The molecular formula is C21H25N7O2. The first-order chi connectivity index (χ1) is 14.5. The maximum Gasteiger partial charge on any atom is 0.325 e. The van der Waals surface area contributed by atoms with E-state index in [9.17, 15) is 4.79 Å². The third-order valence-corrected chi connectivity index (χ3v) is 5.20. The van der Waals surface area contributed by atoms with Crippen molar-refractivity contribution in [2.45, 2.75) is 0 Å². The second-order valence-electron chi connectivity index (χ2n) is 7.22. The van der Waals surface area contributed by atoms with E-state index >= 15 is 0 Å². The van der Waals surface area contributed by atoms with Gasteiger partial charge in [-0.15, -0.1) is 0 Å². The van der Waals surface area contributed by atoms with Crippen LogP contribution in [0.25, 0.3) is 11.0 Å². The molecule has 2 aromatic carbocycles. The van der Waals surface area contributed by atoms with Crippen molar-refractivity contribution in [1.82, 2.24) is 14.9 Å². The average molecular weight is 407 g/mol. The maximum atomic E-state index is 13.1. The number of nitrogens with two attached hydrogens (primary N) is 2. The molecule has 1 fully saturated rings. The number of methoxy groups -OCH3 is 1. The lowest BCUT2D eigenvalue weighted by Crippen LogP contribution is -2.52. The number of piperazine rings is 1. The molecule has 1 saturated heterocycles. The predicted molar refractivity (Wildman–Crippen MR) is 119 cm³/mol. The maximum absolute atomic E-state index is 13.1. The number of carbonyl (C=O) groups is 1. The Kier molecular flexibility index (Phi) is 5.18. The van der Waals surface area contributed by atoms with E-state index in [0.29, 0.717) is 60.3 Å². The van der Waals surface area contributed by atoms with Gasteiger partial charge in [0.15, 0.2) is 0 Å². The van der Waals surface area contributed by atoms with Gasteiger partial charge in [0, 0.05) is 50.3 Å². The molecule has 0 aliphatic carbocycles. The predicted octanol–water partition coefficient (Wildman–Crippen LogP) is 2.18. The summed E-state index contributed by atoms with van der Waals surface area (Å²) in [6, 6.07) is 12.9. The van der Waals surface area contributed by atoms with Crippen molar-refractivity contribution in [1.29, 1.82) is 0 Å². The molecule has 2 heterocycles. The summed E-state index contributed by atoms with van der Waals surface area (Å²) in [6.45, 7) is 2.51. The Labute approximate surface area is 174 Å². The van der Waals surface area contributed by atoms with Gasteiger partial charge in [-0.2, -0.15) is 0 Å². The summed E-state index contributed by atoms with van der Waals surface area (Å²) in [5.74, 6) is 0.714. The number of urea groups is 1. The molecule has 156 valence electrons. The van der Waals surface area contributed by atoms with Crippen LogP contribution in [0.4, 0.5) is 27.7 Å². The molecule has 1 aliphatic heterocycles. The summed E-state index contributed by atoms with van der Waals surface area (Å²) in [5, 5.41) is 0. The molecule has 1 aromatic heterocycles. The lowest BCUT2D eigenvalue weighted by atomic mass is 10.2. The number of nitrogen functional groups attached to an aromatic ring is 2. The molecule has 0 spiro atoms.